The van der Waals surface area contributed by atoms with E-state index in [-0.39, 0.29) is 12.4 Å². The molecular weight excluding hydrogens is 192 g/mol. The number of nitrogens with two attached hydrogens (primary N) is 1. The number of hydrogen-bond donors (Lipinski definition) is 1. The second-order valence-corrected chi connectivity index (χ2v) is 2.93. The third-order valence-electron chi connectivity index (χ3n) is 2.04. The lowest BCUT2D eigenvalue weighted by molar-refractivity contribution is 0.0622. The van der Waals surface area contributed by atoms with Crippen molar-refractivity contribution in [2.45, 2.75) is 18.9 Å². The summed E-state index contributed by atoms with van der Waals surface area (Å²) in [5.41, 5.74) is 5.46. The standard InChI is InChI=1S/C7H12N4O.ClH/c8-7-5-9-11(10-7)6-1-3-12-4-2-6;/h5-6H,1-4H2,(H2,8,10);1H. The zero-order valence-electron chi connectivity index (χ0n) is 7.22. The maximum Gasteiger partial charge on any atom is 0.165 e. The summed E-state index contributed by atoms with van der Waals surface area (Å²) >= 11 is 0. The summed E-state index contributed by atoms with van der Waals surface area (Å²) in [4.78, 5) is 1.69. The Kier molecular flexibility index (Phi) is 3.50. The van der Waals surface area contributed by atoms with E-state index in [1.54, 1.807) is 11.0 Å². The van der Waals surface area contributed by atoms with Gasteiger partial charge in [0.25, 0.3) is 0 Å². The van der Waals surface area contributed by atoms with Gasteiger partial charge in [-0.3, -0.25) is 0 Å². The molecule has 0 radical (unpaired) electrons. The van der Waals surface area contributed by atoms with Crippen molar-refractivity contribution in [1.82, 2.24) is 15.0 Å². The van der Waals surface area contributed by atoms with Crippen LogP contribution >= 0.6 is 12.4 Å². The zero-order chi connectivity index (χ0) is 8.39. The highest BCUT2D eigenvalue weighted by atomic mass is 35.5. The molecule has 1 aliphatic rings. The summed E-state index contributed by atoms with van der Waals surface area (Å²) in [6.07, 6.45) is 3.54. The second kappa shape index (κ2) is 4.43. The number of aromatic nitrogens is 3. The minimum absolute atomic E-state index is 0. The molecule has 5 nitrogen and oxygen atoms in total. The molecule has 0 unspecified atom stereocenters. The molecule has 1 saturated heterocycles. The SMILES string of the molecule is Cl.Nc1cnn(C2CCOCC2)n1. The lowest BCUT2D eigenvalue weighted by Crippen LogP contribution is -2.21. The van der Waals surface area contributed by atoms with Crippen LogP contribution in [0, 0.1) is 0 Å². The molecule has 1 aromatic heterocycles. The molecule has 0 amide bonds. The molecule has 1 aliphatic heterocycles. The first kappa shape index (κ1) is 10.3. The fourth-order valence-corrected chi connectivity index (χ4v) is 1.38. The van der Waals surface area contributed by atoms with E-state index in [0.717, 1.165) is 26.1 Å². The molecule has 0 saturated carbocycles. The third-order valence-corrected chi connectivity index (χ3v) is 2.04. The summed E-state index contributed by atoms with van der Waals surface area (Å²) in [6.45, 7) is 1.60. The van der Waals surface area contributed by atoms with Crippen LogP contribution in [0.1, 0.15) is 18.9 Å². The zero-order valence-corrected chi connectivity index (χ0v) is 8.04. The van der Waals surface area contributed by atoms with Gasteiger partial charge in [-0.1, -0.05) is 0 Å². The molecule has 0 spiro atoms. The fourth-order valence-electron chi connectivity index (χ4n) is 1.38. The number of rotatable bonds is 1. The van der Waals surface area contributed by atoms with Crippen LogP contribution in [-0.2, 0) is 4.74 Å². The Morgan fingerprint density at radius 3 is 2.69 bits per heavy atom. The van der Waals surface area contributed by atoms with Crippen molar-refractivity contribution in [1.29, 1.82) is 0 Å². The lowest BCUT2D eigenvalue weighted by atomic mass is 10.1. The molecule has 0 atom stereocenters. The van der Waals surface area contributed by atoms with Gasteiger partial charge in [0.05, 0.1) is 12.2 Å². The van der Waals surface area contributed by atoms with Gasteiger partial charge in [-0.15, -0.1) is 17.5 Å². The van der Waals surface area contributed by atoms with Crippen LogP contribution < -0.4 is 5.73 Å². The van der Waals surface area contributed by atoms with Crippen molar-refractivity contribution >= 4 is 18.2 Å². The third kappa shape index (κ3) is 2.32. The maximum atomic E-state index is 5.46. The number of nitrogens with zero attached hydrogens (tertiary/aromatic N) is 3. The van der Waals surface area contributed by atoms with E-state index < -0.39 is 0 Å². The molecule has 2 rings (SSSR count). The Labute approximate surface area is 82.7 Å². The van der Waals surface area contributed by atoms with E-state index >= 15 is 0 Å². The van der Waals surface area contributed by atoms with Crippen molar-refractivity contribution in [2.24, 2.45) is 0 Å². The number of halogens is 1. The molecule has 74 valence electrons. The van der Waals surface area contributed by atoms with Gasteiger partial charge in [0.1, 0.15) is 0 Å². The highest BCUT2D eigenvalue weighted by molar-refractivity contribution is 5.85. The first-order chi connectivity index (χ1) is 5.86. The second-order valence-electron chi connectivity index (χ2n) is 2.93. The predicted octanol–water partition coefficient (Wildman–Crippen LogP) is 0.634. The number of ether oxygens (including phenoxy) is 1. The molecule has 0 aliphatic carbocycles. The normalized spacial score (nSPS) is 18.2. The van der Waals surface area contributed by atoms with Crippen LogP contribution in [0.15, 0.2) is 6.20 Å². The Balaban J connectivity index is 0.000000845. The van der Waals surface area contributed by atoms with Gasteiger partial charge in [-0.2, -0.15) is 9.90 Å². The summed E-state index contributed by atoms with van der Waals surface area (Å²) in [6, 6.07) is 0.371. The minimum atomic E-state index is 0. The van der Waals surface area contributed by atoms with Crippen molar-refractivity contribution in [2.75, 3.05) is 18.9 Å². The van der Waals surface area contributed by atoms with Crippen molar-refractivity contribution in [3.63, 3.8) is 0 Å². The van der Waals surface area contributed by atoms with Crippen molar-refractivity contribution < 1.29 is 4.74 Å². The Morgan fingerprint density at radius 2 is 2.15 bits per heavy atom. The molecule has 0 aromatic carbocycles. The average molecular weight is 205 g/mol. The monoisotopic (exact) mass is 204 g/mol. The largest absolute Gasteiger partial charge is 0.381 e. The van der Waals surface area contributed by atoms with Gasteiger partial charge < -0.3 is 10.5 Å². The molecule has 13 heavy (non-hydrogen) atoms. The fraction of sp³-hybridized carbons (Fsp3) is 0.714. The Bertz CT molecular complexity index is 259. The van der Waals surface area contributed by atoms with Gasteiger partial charge in [0, 0.05) is 13.2 Å². The lowest BCUT2D eigenvalue weighted by Gasteiger charge is -2.20. The van der Waals surface area contributed by atoms with Crippen molar-refractivity contribution in [3.8, 4) is 0 Å². The highest BCUT2D eigenvalue weighted by Gasteiger charge is 2.16. The number of nitrogen functional groups attached to an aromatic ring is 1. The summed E-state index contributed by atoms with van der Waals surface area (Å²) < 4.78 is 5.23. The predicted molar refractivity (Wildman–Crippen MR) is 50.8 cm³/mol. The van der Waals surface area contributed by atoms with E-state index in [0.29, 0.717) is 11.9 Å². The van der Waals surface area contributed by atoms with Crippen LogP contribution in [0.5, 0.6) is 0 Å². The topological polar surface area (TPSA) is 66.0 Å². The van der Waals surface area contributed by atoms with Crippen LogP contribution in [-0.4, -0.2) is 28.2 Å². The van der Waals surface area contributed by atoms with Gasteiger partial charge in [-0.25, -0.2) is 0 Å². The number of hydrogen-bond acceptors (Lipinski definition) is 4. The van der Waals surface area contributed by atoms with Crippen LogP contribution in [0.2, 0.25) is 0 Å². The maximum absolute atomic E-state index is 5.46. The van der Waals surface area contributed by atoms with E-state index in [2.05, 4.69) is 10.2 Å². The van der Waals surface area contributed by atoms with E-state index in [4.69, 9.17) is 10.5 Å². The van der Waals surface area contributed by atoms with Gasteiger partial charge >= 0.3 is 0 Å². The Morgan fingerprint density at radius 1 is 1.46 bits per heavy atom. The first-order valence-corrected chi connectivity index (χ1v) is 4.11. The van der Waals surface area contributed by atoms with Crippen LogP contribution in [0.25, 0.3) is 0 Å². The average Bonchev–Trinajstić information content (AvgIpc) is 2.54. The van der Waals surface area contributed by atoms with Gasteiger partial charge in [-0.05, 0) is 12.8 Å². The number of anilines is 1. The molecule has 1 fully saturated rings. The van der Waals surface area contributed by atoms with E-state index in [9.17, 15) is 0 Å². The summed E-state index contributed by atoms with van der Waals surface area (Å²) in [5, 5.41) is 8.13. The van der Waals surface area contributed by atoms with E-state index in [1.165, 1.54) is 0 Å². The molecule has 2 heterocycles. The molecule has 0 bridgehead atoms. The molecular formula is C7H13ClN4O. The molecule has 1 aromatic rings. The van der Waals surface area contributed by atoms with Crippen LogP contribution in [0.3, 0.4) is 0 Å². The van der Waals surface area contributed by atoms with Gasteiger partial charge in [0.2, 0.25) is 0 Å². The van der Waals surface area contributed by atoms with Crippen molar-refractivity contribution in [3.05, 3.63) is 6.20 Å². The smallest absolute Gasteiger partial charge is 0.165 e. The van der Waals surface area contributed by atoms with E-state index in [1.807, 2.05) is 0 Å². The summed E-state index contributed by atoms with van der Waals surface area (Å²) in [5.74, 6) is 0.487. The van der Waals surface area contributed by atoms with Gasteiger partial charge in [0.15, 0.2) is 5.82 Å². The Hall–Kier alpha value is -0.810. The highest BCUT2D eigenvalue weighted by Crippen LogP contribution is 2.18. The quantitative estimate of drug-likeness (QED) is 0.729. The van der Waals surface area contributed by atoms with Crippen LogP contribution in [0.4, 0.5) is 5.82 Å². The minimum Gasteiger partial charge on any atom is -0.381 e. The summed E-state index contributed by atoms with van der Waals surface area (Å²) in [7, 11) is 0. The molecule has 2 N–H and O–H groups in total. The molecule has 6 heteroatoms. The first-order valence-electron chi connectivity index (χ1n) is 4.11.